The molecule has 0 aromatic heterocycles. The van der Waals surface area contributed by atoms with Gasteiger partial charge in [-0.3, -0.25) is 0 Å². The summed E-state index contributed by atoms with van der Waals surface area (Å²) in [5.74, 6) is 0. The number of nitrogens with one attached hydrogen (secondary N) is 1. The number of aryl methyl sites for hydroxylation is 1. The lowest BCUT2D eigenvalue weighted by Gasteiger charge is -2.15. The zero-order valence-electron chi connectivity index (χ0n) is 12.5. The molecule has 0 amide bonds. The van der Waals surface area contributed by atoms with Crippen molar-refractivity contribution in [2.75, 3.05) is 5.32 Å². The summed E-state index contributed by atoms with van der Waals surface area (Å²) < 4.78 is 0. The van der Waals surface area contributed by atoms with Crippen LogP contribution in [-0.4, -0.2) is 0 Å². The van der Waals surface area contributed by atoms with Gasteiger partial charge in [0.15, 0.2) is 0 Å². The molecule has 22 heavy (non-hydrogen) atoms. The summed E-state index contributed by atoms with van der Waals surface area (Å²) in [6.07, 6.45) is 0. The summed E-state index contributed by atoms with van der Waals surface area (Å²) in [6.45, 7) is 2.13. The summed E-state index contributed by atoms with van der Waals surface area (Å²) in [6, 6.07) is 27.8. The van der Waals surface area contributed by atoms with Crippen molar-refractivity contribution in [2.45, 2.75) is 6.92 Å². The molecule has 1 nitrogen and oxygen atoms in total. The Morgan fingerprint density at radius 1 is 0.636 bits per heavy atom. The SMILES string of the molecule is Cc1ccccc1Nc1c2ccccc2cc2ccccc12. The lowest BCUT2D eigenvalue weighted by molar-refractivity contribution is 1.44. The number of para-hydroxylation sites is 1. The molecule has 4 aromatic rings. The summed E-state index contributed by atoms with van der Waals surface area (Å²) in [4.78, 5) is 0. The smallest absolute Gasteiger partial charge is 0.0543 e. The monoisotopic (exact) mass is 283 g/mol. The number of rotatable bonds is 2. The Bertz CT molecular complexity index is 916. The molecule has 0 bridgehead atoms. The first-order valence-electron chi connectivity index (χ1n) is 7.56. The second-order valence-electron chi connectivity index (χ2n) is 5.63. The second kappa shape index (κ2) is 5.19. The van der Waals surface area contributed by atoms with Gasteiger partial charge in [0.05, 0.1) is 5.69 Å². The quantitative estimate of drug-likeness (QED) is 0.442. The van der Waals surface area contributed by atoms with E-state index in [1.165, 1.54) is 32.8 Å². The van der Waals surface area contributed by atoms with Crippen LogP contribution in [0.25, 0.3) is 21.5 Å². The molecule has 0 saturated carbocycles. The highest BCUT2D eigenvalue weighted by Gasteiger charge is 2.08. The van der Waals surface area contributed by atoms with Crippen molar-refractivity contribution in [3.63, 3.8) is 0 Å². The molecule has 1 N–H and O–H groups in total. The maximum Gasteiger partial charge on any atom is 0.0543 e. The van der Waals surface area contributed by atoms with Crippen LogP contribution in [0.5, 0.6) is 0 Å². The van der Waals surface area contributed by atoms with Crippen molar-refractivity contribution in [2.24, 2.45) is 0 Å². The topological polar surface area (TPSA) is 12.0 Å². The first kappa shape index (κ1) is 12.9. The number of hydrogen-bond acceptors (Lipinski definition) is 1. The molecular formula is C21H17N. The average molecular weight is 283 g/mol. The standard InChI is InChI=1S/C21H17N/c1-15-8-2-7-13-20(15)22-21-18-11-5-3-9-16(18)14-17-10-4-6-12-19(17)21/h2-14,22H,1H3. The van der Waals surface area contributed by atoms with E-state index in [-0.39, 0.29) is 0 Å². The third-order valence-electron chi connectivity index (χ3n) is 4.18. The van der Waals surface area contributed by atoms with Crippen LogP contribution in [0.4, 0.5) is 11.4 Å². The van der Waals surface area contributed by atoms with Gasteiger partial charge < -0.3 is 5.32 Å². The van der Waals surface area contributed by atoms with Gasteiger partial charge in [-0.2, -0.15) is 0 Å². The Labute approximate surface area is 130 Å². The molecule has 4 rings (SSSR count). The van der Waals surface area contributed by atoms with E-state index in [0.29, 0.717) is 0 Å². The first-order valence-corrected chi connectivity index (χ1v) is 7.56. The Balaban J connectivity index is 2.02. The number of hydrogen-bond donors (Lipinski definition) is 1. The maximum absolute atomic E-state index is 3.66. The summed E-state index contributed by atoms with van der Waals surface area (Å²) in [7, 11) is 0. The van der Waals surface area contributed by atoms with E-state index in [0.717, 1.165) is 5.69 Å². The highest BCUT2D eigenvalue weighted by atomic mass is 14.9. The third kappa shape index (κ3) is 2.11. The number of fused-ring (bicyclic) bond motifs is 2. The summed E-state index contributed by atoms with van der Waals surface area (Å²) >= 11 is 0. The number of benzene rings is 4. The Kier molecular flexibility index (Phi) is 3.05. The average Bonchev–Trinajstić information content (AvgIpc) is 2.56. The van der Waals surface area contributed by atoms with Crippen LogP contribution in [0.1, 0.15) is 5.56 Å². The van der Waals surface area contributed by atoms with Gasteiger partial charge >= 0.3 is 0 Å². The van der Waals surface area contributed by atoms with Gasteiger partial charge in [-0.05, 0) is 35.4 Å². The van der Waals surface area contributed by atoms with Crippen LogP contribution >= 0.6 is 0 Å². The maximum atomic E-state index is 3.66. The van der Waals surface area contributed by atoms with Gasteiger partial charge in [-0.1, -0.05) is 66.7 Å². The molecule has 0 heterocycles. The Morgan fingerprint density at radius 3 is 1.82 bits per heavy atom. The minimum atomic E-state index is 1.16. The van der Waals surface area contributed by atoms with E-state index < -0.39 is 0 Å². The van der Waals surface area contributed by atoms with Crippen molar-refractivity contribution in [1.29, 1.82) is 0 Å². The van der Waals surface area contributed by atoms with E-state index in [1.807, 2.05) is 0 Å². The zero-order valence-corrected chi connectivity index (χ0v) is 12.5. The van der Waals surface area contributed by atoms with Crippen molar-refractivity contribution in [3.8, 4) is 0 Å². The predicted octanol–water partition coefficient (Wildman–Crippen LogP) is 6.05. The fourth-order valence-electron chi connectivity index (χ4n) is 3.00. The van der Waals surface area contributed by atoms with Crippen molar-refractivity contribution >= 4 is 32.9 Å². The van der Waals surface area contributed by atoms with E-state index >= 15 is 0 Å². The third-order valence-corrected chi connectivity index (χ3v) is 4.18. The van der Waals surface area contributed by atoms with E-state index in [9.17, 15) is 0 Å². The molecule has 0 aliphatic heterocycles. The van der Waals surface area contributed by atoms with Gasteiger partial charge in [0, 0.05) is 16.5 Å². The Hall–Kier alpha value is -2.80. The molecule has 0 atom stereocenters. The molecule has 0 unspecified atom stereocenters. The fraction of sp³-hybridized carbons (Fsp3) is 0.0476. The largest absolute Gasteiger partial charge is 0.354 e. The van der Waals surface area contributed by atoms with Crippen LogP contribution in [-0.2, 0) is 0 Å². The van der Waals surface area contributed by atoms with Crippen LogP contribution in [0, 0.1) is 6.92 Å². The molecule has 0 saturated heterocycles. The van der Waals surface area contributed by atoms with Crippen LogP contribution in [0.2, 0.25) is 0 Å². The van der Waals surface area contributed by atoms with Crippen LogP contribution < -0.4 is 5.32 Å². The highest BCUT2D eigenvalue weighted by molar-refractivity contribution is 6.12. The van der Waals surface area contributed by atoms with Gasteiger partial charge in [0.1, 0.15) is 0 Å². The first-order chi connectivity index (χ1) is 10.8. The van der Waals surface area contributed by atoms with Gasteiger partial charge in [-0.15, -0.1) is 0 Å². The molecule has 0 aliphatic rings. The summed E-state index contributed by atoms with van der Waals surface area (Å²) in [5, 5.41) is 8.69. The van der Waals surface area contributed by atoms with E-state index in [4.69, 9.17) is 0 Å². The van der Waals surface area contributed by atoms with Crippen molar-refractivity contribution < 1.29 is 0 Å². The number of anilines is 2. The van der Waals surface area contributed by atoms with E-state index in [1.54, 1.807) is 0 Å². The summed E-state index contributed by atoms with van der Waals surface area (Å²) in [5.41, 5.74) is 3.59. The molecular weight excluding hydrogens is 266 g/mol. The second-order valence-corrected chi connectivity index (χ2v) is 5.63. The molecule has 4 aromatic carbocycles. The molecule has 0 radical (unpaired) electrons. The predicted molar refractivity (Wildman–Crippen MR) is 95.9 cm³/mol. The molecule has 0 spiro atoms. The molecule has 0 aliphatic carbocycles. The molecule has 0 fully saturated rings. The van der Waals surface area contributed by atoms with Gasteiger partial charge in [0.2, 0.25) is 0 Å². The zero-order chi connectivity index (χ0) is 14.9. The molecule has 106 valence electrons. The fourth-order valence-corrected chi connectivity index (χ4v) is 3.00. The molecule has 1 heteroatoms. The lowest BCUT2D eigenvalue weighted by Crippen LogP contribution is -1.95. The van der Waals surface area contributed by atoms with Crippen molar-refractivity contribution in [1.82, 2.24) is 0 Å². The normalized spacial score (nSPS) is 11.0. The highest BCUT2D eigenvalue weighted by Crippen LogP contribution is 2.35. The van der Waals surface area contributed by atoms with Crippen molar-refractivity contribution in [3.05, 3.63) is 84.4 Å². The van der Waals surface area contributed by atoms with Crippen LogP contribution in [0.15, 0.2) is 78.9 Å². The van der Waals surface area contributed by atoms with Gasteiger partial charge in [0.25, 0.3) is 0 Å². The van der Waals surface area contributed by atoms with Crippen LogP contribution in [0.3, 0.4) is 0 Å². The van der Waals surface area contributed by atoms with Gasteiger partial charge in [-0.25, -0.2) is 0 Å². The Morgan fingerprint density at radius 2 is 1.18 bits per heavy atom. The minimum absolute atomic E-state index is 1.16. The minimum Gasteiger partial charge on any atom is -0.354 e. The van der Waals surface area contributed by atoms with E-state index in [2.05, 4.69) is 91.1 Å². The lowest BCUT2D eigenvalue weighted by atomic mass is 10.0.